The van der Waals surface area contributed by atoms with E-state index in [2.05, 4.69) is 30.5 Å². The minimum atomic E-state index is -0.257. The summed E-state index contributed by atoms with van der Waals surface area (Å²) in [4.78, 5) is 27.5. The number of anilines is 2. The van der Waals surface area contributed by atoms with Crippen LogP contribution in [0.4, 0.5) is 11.6 Å². The van der Waals surface area contributed by atoms with E-state index < -0.39 is 0 Å². The van der Waals surface area contributed by atoms with Crippen molar-refractivity contribution < 1.29 is 4.79 Å². The Morgan fingerprint density at radius 3 is 2.69 bits per heavy atom. The van der Waals surface area contributed by atoms with Gasteiger partial charge in [-0.1, -0.05) is 0 Å². The maximum atomic E-state index is 12.7. The first kappa shape index (κ1) is 16.2. The summed E-state index contributed by atoms with van der Waals surface area (Å²) >= 11 is 0. The normalized spacial score (nSPS) is 16.7. The minimum Gasteiger partial charge on any atom is -0.329 e. The largest absolute Gasteiger partial charge is 0.329 e. The van der Waals surface area contributed by atoms with E-state index in [4.69, 9.17) is 0 Å². The summed E-state index contributed by atoms with van der Waals surface area (Å²) in [7, 11) is 0. The molecule has 0 bridgehead atoms. The second-order valence-corrected chi connectivity index (χ2v) is 6.21. The average molecular weight is 349 g/mol. The Balaban J connectivity index is 1.46. The van der Waals surface area contributed by atoms with Gasteiger partial charge in [-0.3, -0.25) is 9.89 Å². The van der Waals surface area contributed by atoms with Crippen molar-refractivity contribution in [2.24, 2.45) is 0 Å². The fourth-order valence-corrected chi connectivity index (χ4v) is 3.12. The van der Waals surface area contributed by atoms with Crippen LogP contribution in [0.1, 0.15) is 18.7 Å². The average Bonchev–Trinajstić information content (AvgIpc) is 3.32. The summed E-state index contributed by atoms with van der Waals surface area (Å²) in [5.74, 6) is 1.96. The number of hydrogen-bond acceptors (Lipinski definition) is 6. The van der Waals surface area contributed by atoms with E-state index in [1.165, 1.54) is 0 Å². The molecule has 0 spiro atoms. The molecular weight excluding hydrogens is 330 g/mol. The first-order chi connectivity index (χ1) is 12.7. The molecule has 1 saturated heterocycles. The SMILES string of the molecule is Cc1nc(-c2ccc(NC(=O)C3CCCN3c3ncccn3)cc2)n[nH]1. The lowest BCUT2D eigenvalue weighted by Gasteiger charge is -2.23. The van der Waals surface area contributed by atoms with Gasteiger partial charge in [0.05, 0.1) is 0 Å². The minimum absolute atomic E-state index is 0.0450. The van der Waals surface area contributed by atoms with Crippen molar-refractivity contribution in [2.45, 2.75) is 25.8 Å². The van der Waals surface area contributed by atoms with E-state index in [0.717, 1.165) is 36.5 Å². The van der Waals surface area contributed by atoms with Gasteiger partial charge in [0, 0.05) is 30.2 Å². The number of nitrogens with one attached hydrogen (secondary N) is 2. The van der Waals surface area contributed by atoms with Crippen LogP contribution in [-0.2, 0) is 4.79 Å². The third kappa shape index (κ3) is 3.26. The Morgan fingerprint density at radius 2 is 2.00 bits per heavy atom. The molecule has 8 heteroatoms. The molecule has 1 aliphatic rings. The molecule has 0 saturated carbocycles. The standard InChI is InChI=1S/C18H19N7O/c1-12-21-16(24-23-12)13-5-7-14(8-6-13)22-17(26)15-4-2-11-25(15)18-19-9-3-10-20-18/h3,5-10,15H,2,4,11H2,1H3,(H,22,26)(H,21,23,24). The Bertz CT molecular complexity index is 891. The van der Waals surface area contributed by atoms with E-state index in [1.807, 2.05) is 36.1 Å². The highest BCUT2D eigenvalue weighted by Crippen LogP contribution is 2.24. The van der Waals surface area contributed by atoms with Gasteiger partial charge in [0.1, 0.15) is 11.9 Å². The van der Waals surface area contributed by atoms with Crippen LogP contribution >= 0.6 is 0 Å². The van der Waals surface area contributed by atoms with Gasteiger partial charge in [-0.15, -0.1) is 0 Å². The first-order valence-electron chi connectivity index (χ1n) is 8.55. The summed E-state index contributed by atoms with van der Waals surface area (Å²) in [5.41, 5.74) is 1.64. The molecule has 1 unspecified atom stereocenters. The van der Waals surface area contributed by atoms with Gasteiger partial charge in [0.2, 0.25) is 11.9 Å². The molecule has 1 aromatic carbocycles. The molecule has 2 aromatic heterocycles. The number of aromatic nitrogens is 5. The zero-order valence-electron chi connectivity index (χ0n) is 14.4. The third-order valence-corrected chi connectivity index (χ3v) is 4.37. The fraction of sp³-hybridized carbons (Fsp3) is 0.278. The predicted octanol–water partition coefficient (Wildman–Crippen LogP) is 2.18. The topological polar surface area (TPSA) is 99.7 Å². The van der Waals surface area contributed by atoms with E-state index in [0.29, 0.717) is 11.8 Å². The molecule has 3 heterocycles. The molecule has 1 aliphatic heterocycles. The van der Waals surface area contributed by atoms with Crippen molar-refractivity contribution in [1.29, 1.82) is 0 Å². The molecule has 4 rings (SSSR count). The van der Waals surface area contributed by atoms with Gasteiger partial charge in [0.15, 0.2) is 5.82 Å². The van der Waals surface area contributed by atoms with Crippen molar-refractivity contribution in [2.75, 3.05) is 16.8 Å². The molecular formula is C18H19N7O. The van der Waals surface area contributed by atoms with E-state index >= 15 is 0 Å². The number of amides is 1. The van der Waals surface area contributed by atoms with Crippen LogP contribution in [0, 0.1) is 6.92 Å². The van der Waals surface area contributed by atoms with Crippen LogP contribution in [0.15, 0.2) is 42.7 Å². The highest BCUT2D eigenvalue weighted by Gasteiger charge is 2.32. The van der Waals surface area contributed by atoms with Crippen molar-refractivity contribution in [3.8, 4) is 11.4 Å². The van der Waals surface area contributed by atoms with Crippen LogP contribution in [0.3, 0.4) is 0 Å². The summed E-state index contributed by atoms with van der Waals surface area (Å²) < 4.78 is 0. The number of hydrogen-bond donors (Lipinski definition) is 2. The lowest BCUT2D eigenvalue weighted by atomic mass is 10.1. The zero-order chi connectivity index (χ0) is 17.9. The van der Waals surface area contributed by atoms with Gasteiger partial charge < -0.3 is 10.2 Å². The number of nitrogens with zero attached hydrogens (tertiary/aromatic N) is 5. The molecule has 2 N–H and O–H groups in total. The Morgan fingerprint density at radius 1 is 1.23 bits per heavy atom. The molecule has 3 aromatic rings. The number of carbonyl (C=O) groups excluding carboxylic acids is 1. The number of benzene rings is 1. The van der Waals surface area contributed by atoms with E-state index in [9.17, 15) is 4.79 Å². The third-order valence-electron chi connectivity index (χ3n) is 4.37. The van der Waals surface area contributed by atoms with Gasteiger partial charge >= 0.3 is 0 Å². The maximum Gasteiger partial charge on any atom is 0.247 e. The molecule has 1 amide bonds. The van der Waals surface area contributed by atoms with E-state index in [-0.39, 0.29) is 11.9 Å². The van der Waals surface area contributed by atoms with Crippen LogP contribution in [0.25, 0.3) is 11.4 Å². The van der Waals surface area contributed by atoms with Crippen molar-refractivity contribution in [3.63, 3.8) is 0 Å². The van der Waals surface area contributed by atoms with Crippen molar-refractivity contribution in [1.82, 2.24) is 25.1 Å². The van der Waals surface area contributed by atoms with Crippen LogP contribution in [0.5, 0.6) is 0 Å². The predicted molar refractivity (Wildman–Crippen MR) is 97.6 cm³/mol. The van der Waals surface area contributed by atoms with Gasteiger partial charge in [-0.05, 0) is 50.1 Å². The Kier molecular flexibility index (Phi) is 4.30. The van der Waals surface area contributed by atoms with Gasteiger partial charge in [0.25, 0.3) is 0 Å². The molecule has 1 fully saturated rings. The Hall–Kier alpha value is -3.29. The smallest absolute Gasteiger partial charge is 0.247 e. The van der Waals surface area contributed by atoms with Gasteiger partial charge in [-0.25, -0.2) is 15.0 Å². The first-order valence-corrected chi connectivity index (χ1v) is 8.55. The number of aromatic amines is 1. The fourth-order valence-electron chi connectivity index (χ4n) is 3.12. The Labute approximate surface area is 150 Å². The highest BCUT2D eigenvalue weighted by atomic mass is 16.2. The quantitative estimate of drug-likeness (QED) is 0.749. The number of H-pyrrole nitrogens is 1. The summed E-state index contributed by atoms with van der Waals surface area (Å²) in [5, 5.41) is 9.95. The molecule has 26 heavy (non-hydrogen) atoms. The summed E-state index contributed by atoms with van der Waals surface area (Å²) in [6.45, 7) is 2.64. The molecule has 0 aliphatic carbocycles. The van der Waals surface area contributed by atoms with Crippen LogP contribution < -0.4 is 10.2 Å². The van der Waals surface area contributed by atoms with Crippen molar-refractivity contribution >= 4 is 17.5 Å². The zero-order valence-corrected chi connectivity index (χ0v) is 14.4. The molecule has 1 atom stereocenters. The number of carbonyl (C=O) groups is 1. The lowest BCUT2D eigenvalue weighted by molar-refractivity contribution is -0.117. The monoisotopic (exact) mass is 349 g/mol. The van der Waals surface area contributed by atoms with Crippen molar-refractivity contribution in [3.05, 3.63) is 48.5 Å². The molecule has 0 radical (unpaired) electrons. The summed E-state index contributed by atoms with van der Waals surface area (Å²) in [6.07, 6.45) is 5.12. The van der Waals surface area contributed by atoms with E-state index in [1.54, 1.807) is 18.5 Å². The second-order valence-electron chi connectivity index (χ2n) is 6.21. The maximum absolute atomic E-state index is 12.7. The molecule has 8 nitrogen and oxygen atoms in total. The second kappa shape index (κ2) is 6.91. The van der Waals surface area contributed by atoms with Crippen LogP contribution in [0.2, 0.25) is 0 Å². The van der Waals surface area contributed by atoms with Crippen LogP contribution in [-0.4, -0.2) is 43.6 Å². The molecule has 132 valence electrons. The lowest BCUT2D eigenvalue weighted by Crippen LogP contribution is -2.40. The number of aryl methyl sites for hydroxylation is 1. The van der Waals surface area contributed by atoms with Gasteiger partial charge in [-0.2, -0.15) is 5.10 Å². The number of rotatable bonds is 4. The summed E-state index contributed by atoms with van der Waals surface area (Å²) in [6, 6.07) is 9.02. The highest BCUT2D eigenvalue weighted by molar-refractivity contribution is 5.97.